The Hall–Kier alpha value is -1.19. The third kappa shape index (κ3) is 3.65. The molecule has 0 aliphatic carbocycles. The Kier molecular flexibility index (Phi) is 4.90. The molecule has 1 fully saturated rings. The molecule has 0 radical (unpaired) electrons. The van der Waals surface area contributed by atoms with Crippen molar-refractivity contribution >= 4 is 5.78 Å². The molecule has 0 spiro atoms. The van der Waals surface area contributed by atoms with Gasteiger partial charge in [0.1, 0.15) is 5.78 Å². The second-order valence-corrected chi connectivity index (χ2v) is 4.91. The number of ketones is 1. The minimum Gasteiger partial charge on any atom is -0.381 e. The maximum absolute atomic E-state index is 12.0. The van der Waals surface area contributed by atoms with Gasteiger partial charge in [-0.3, -0.25) is 4.79 Å². The van der Waals surface area contributed by atoms with Crippen molar-refractivity contribution in [3.8, 4) is 0 Å². The lowest BCUT2D eigenvalue weighted by molar-refractivity contribution is -0.125. The predicted octanol–water partition coefficient (Wildman–Crippen LogP) is 2.46. The highest BCUT2D eigenvalue weighted by molar-refractivity contribution is 5.81. The number of hydrogen-bond acceptors (Lipinski definition) is 3. The highest BCUT2D eigenvalue weighted by Crippen LogP contribution is 2.21. The van der Waals surface area contributed by atoms with Crippen molar-refractivity contribution in [2.75, 3.05) is 13.2 Å². The Morgan fingerprint density at radius 1 is 1.28 bits per heavy atom. The van der Waals surface area contributed by atoms with E-state index in [9.17, 15) is 4.79 Å². The molecule has 1 unspecified atom stereocenters. The molecule has 1 aromatic carbocycles. The molecule has 0 saturated carbocycles. The van der Waals surface area contributed by atoms with E-state index in [-0.39, 0.29) is 12.0 Å². The van der Waals surface area contributed by atoms with E-state index in [1.165, 1.54) is 0 Å². The van der Waals surface area contributed by atoms with Gasteiger partial charge in [-0.1, -0.05) is 30.3 Å². The topological polar surface area (TPSA) is 52.3 Å². The summed E-state index contributed by atoms with van der Waals surface area (Å²) in [5, 5.41) is 0. The van der Waals surface area contributed by atoms with E-state index >= 15 is 0 Å². The first-order chi connectivity index (χ1) is 8.77. The second-order valence-electron chi connectivity index (χ2n) is 4.91. The Morgan fingerprint density at radius 3 is 2.61 bits per heavy atom. The summed E-state index contributed by atoms with van der Waals surface area (Å²) in [6, 6.07) is 9.94. The number of carbonyl (C=O) groups excluding carboxylic acids is 1. The summed E-state index contributed by atoms with van der Waals surface area (Å²) in [5.41, 5.74) is 7.20. The minimum absolute atomic E-state index is 0.0324. The number of Topliss-reactive ketones (excluding diaryl/α,β-unsaturated/α-hetero) is 1. The molecule has 1 atom stereocenters. The number of benzene rings is 1. The van der Waals surface area contributed by atoms with Crippen molar-refractivity contribution in [3.05, 3.63) is 35.9 Å². The van der Waals surface area contributed by atoms with E-state index in [2.05, 4.69) is 0 Å². The average Bonchev–Trinajstić information content (AvgIpc) is 2.46. The van der Waals surface area contributed by atoms with Crippen molar-refractivity contribution in [1.82, 2.24) is 0 Å². The van der Waals surface area contributed by atoms with Crippen LogP contribution in [0.5, 0.6) is 0 Å². The number of nitrogens with two attached hydrogens (primary N) is 1. The van der Waals surface area contributed by atoms with Gasteiger partial charge < -0.3 is 10.5 Å². The molecular formula is C15H21NO2. The molecule has 3 nitrogen and oxygen atoms in total. The van der Waals surface area contributed by atoms with Crippen LogP contribution in [0.1, 0.15) is 37.3 Å². The van der Waals surface area contributed by atoms with Gasteiger partial charge in [0.2, 0.25) is 0 Å². The fraction of sp³-hybridized carbons (Fsp3) is 0.533. The average molecular weight is 247 g/mol. The van der Waals surface area contributed by atoms with Gasteiger partial charge in [0.05, 0.1) is 0 Å². The highest BCUT2D eigenvalue weighted by Gasteiger charge is 2.21. The fourth-order valence-corrected chi connectivity index (χ4v) is 2.39. The number of ether oxygens (including phenoxy) is 1. The normalized spacial score (nSPS) is 18.5. The van der Waals surface area contributed by atoms with Crippen molar-refractivity contribution in [2.45, 2.75) is 31.7 Å². The smallest absolute Gasteiger partial charge is 0.136 e. The SMILES string of the molecule is NC(CCC(=O)C1CCOCC1)c1ccccc1. The van der Waals surface area contributed by atoms with Crippen LogP contribution < -0.4 is 5.73 Å². The summed E-state index contributed by atoms with van der Waals surface area (Å²) < 4.78 is 5.27. The van der Waals surface area contributed by atoms with Gasteiger partial charge in [-0.15, -0.1) is 0 Å². The van der Waals surface area contributed by atoms with E-state index in [0.29, 0.717) is 12.2 Å². The molecule has 0 bridgehead atoms. The summed E-state index contributed by atoms with van der Waals surface area (Å²) in [7, 11) is 0. The van der Waals surface area contributed by atoms with Gasteiger partial charge in [-0.2, -0.15) is 0 Å². The zero-order chi connectivity index (χ0) is 12.8. The zero-order valence-electron chi connectivity index (χ0n) is 10.7. The molecule has 1 aromatic rings. The molecule has 1 saturated heterocycles. The third-order valence-electron chi connectivity index (χ3n) is 3.61. The standard InChI is InChI=1S/C15H21NO2/c16-14(12-4-2-1-3-5-12)6-7-15(17)13-8-10-18-11-9-13/h1-5,13-14H,6-11,16H2. The Balaban J connectivity index is 1.78. The van der Waals surface area contributed by atoms with Gasteiger partial charge in [-0.25, -0.2) is 0 Å². The number of rotatable bonds is 5. The van der Waals surface area contributed by atoms with Gasteiger partial charge in [0.25, 0.3) is 0 Å². The second kappa shape index (κ2) is 6.66. The molecule has 2 rings (SSSR count). The van der Waals surface area contributed by atoms with Crippen molar-refractivity contribution in [2.24, 2.45) is 11.7 Å². The molecule has 98 valence electrons. The molecule has 1 heterocycles. The van der Waals surface area contributed by atoms with E-state index in [4.69, 9.17) is 10.5 Å². The van der Waals surface area contributed by atoms with E-state index < -0.39 is 0 Å². The predicted molar refractivity (Wildman–Crippen MR) is 71.2 cm³/mol. The van der Waals surface area contributed by atoms with E-state index in [1.807, 2.05) is 30.3 Å². The lowest BCUT2D eigenvalue weighted by atomic mass is 9.91. The fourth-order valence-electron chi connectivity index (χ4n) is 2.39. The molecule has 3 heteroatoms. The molecular weight excluding hydrogens is 226 g/mol. The Morgan fingerprint density at radius 2 is 1.94 bits per heavy atom. The third-order valence-corrected chi connectivity index (χ3v) is 3.61. The summed E-state index contributed by atoms with van der Waals surface area (Å²) in [6.07, 6.45) is 3.07. The Bertz CT molecular complexity index is 371. The van der Waals surface area contributed by atoms with Crippen molar-refractivity contribution in [3.63, 3.8) is 0 Å². The van der Waals surface area contributed by atoms with Crippen LogP contribution in [-0.2, 0) is 9.53 Å². The number of hydrogen-bond donors (Lipinski definition) is 1. The first-order valence-corrected chi connectivity index (χ1v) is 6.68. The molecule has 2 N–H and O–H groups in total. The van der Waals surface area contributed by atoms with Gasteiger partial charge in [0.15, 0.2) is 0 Å². The van der Waals surface area contributed by atoms with Crippen LogP contribution in [0.2, 0.25) is 0 Å². The van der Waals surface area contributed by atoms with Crippen molar-refractivity contribution < 1.29 is 9.53 Å². The molecule has 0 amide bonds. The molecule has 0 aromatic heterocycles. The van der Waals surface area contributed by atoms with E-state index in [0.717, 1.165) is 38.0 Å². The summed E-state index contributed by atoms with van der Waals surface area (Å²) >= 11 is 0. The largest absolute Gasteiger partial charge is 0.381 e. The first kappa shape index (κ1) is 13.2. The van der Waals surface area contributed by atoms with Gasteiger partial charge in [-0.05, 0) is 24.8 Å². The maximum atomic E-state index is 12.0. The molecule has 1 aliphatic heterocycles. The summed E-state index contributed by atoms with van der Waals surface area (Å²) in [5.74, 6) is 0.548. The quantitative estimate of drug-likeness (QED) is 0.869. The summed E-state index contributed by atoms with van der Waals surface area (Å²) in [6.45, 7) is 1.45. The van der Waals surface area contributed by atoms with E-state index in [1.54, 1.807) is 0 Å². The van der Waals surface area contributed by atoms with Crippen LogP contribution in [0.4, 0.5) is 0 Å². The minimum atomic E-state index is -0.0324. The molecule has 1 aliphatic rings. The van der Waals surface area contributed by atoms with Crippen molar-refractivity contribution in [1.29, 1.82) is 0 Å². The lowest BCUT2D eigenvalue weighted by Gasteiger charge is -2.21. The molecule has 18 heavy (non-hydrogen) atoms. The lowest BCUT2D eigenvalue weighted by Crippen LogP contribution is -2.24. The monoisotopic (exact) mass is 247 g/mol. The zero-order valence-corrected chi connectivity index (χ0v) is 10.7. The van der Waals surface area contributed by atoms with Crippen LogP contribution in [0.25, 0.3) is 0 Å². The van der Waals surface area contributed by atoms with Crippen LogP contribution in [0, 0.1) is 5.92 Å². The highest BCUT2D eigenvalue weighted by atomic mass is 16.5. The Labute approximate surface area is 108 Å². The van der Waals surface area contributed by atoms with Crippen LogP contribution in [0.15, 0.2) is 30.3 Å². The van der Waals surface area contributed by atoms with Crippen LogP contribution in [0.3, 0.4) is 0 Å². The summed E-state index contributed by atoms with van der Waals surface area (Å²) in [4.78, 5) is 12.0. The van der Waals surface area contributed by atoms with Crippen LogP contribution >= 0.6 is 0 Å². The van der Waals surface area contributed by atoms with Gasteiger partial charge in [0, 0.05) is 31.6 Å². The maximum Gasteiger partial charge on any atom is 0.136 e. The number of carbonyl (C=O) groups is 1. The first-order valence-electron chi connectivity index (χ1n) is 6.68. The van der Waals surface area contributed by atoms with Crippen LogP contribution in [-0.4, -0.2) is 19.0 Å². The van der Waals surface area contributed by atoms with Gasteiger partial charge >= 0.3 is 0 Å².